The third kappa shape index (κ3) is 3.16. The van der Waals surface area contributed by atoms with Crippen molar-refractivity contribution in [2.24, 2.45) is 23.2 Å². The van der Waals surface area contributed by atoms with Crippen LogP contribution >= 0.6 is 0 Å². The van der Waals surface area contributed by atoms with Crippen molar-refractivity contribution in [2.75, 3.05) is 13.2 Å². The molecule has 1 N–H and O–H groups in total. The van der Waals surface area contributed by atoms with Crippen LogP contribution in [0.1, 0.15) is 77.6 Å². The Morgan fingerprint density at radius 1 is 0.964 bits per heavy atom. The van der Waals surface area contributed by atoms with E-state index in [-0.39, 0.29) is 30.1 Å². The number of H-pyrrole nitrogens is 1. The summed E-state index contributed by atoms with van der Waals surface area (Å²) in [6.45, 7) is 5.22. The standard InChI is InChI=1S/C22H29NO5/c1-4-27-21(26)19-12(2)18(13(3)23-19)20(25)28-11-17(24)22-8-14-5-15(9-22)7-16(6-14)10-22/h14-16,23H,4-11H2,1-3H3. The van der Waals surface area contributed by atoms with Gasteiger partial charge in [-0.3, -0.25) is 4.79 Å². The van der Waals surface area contributed by atoms with Crippen molar-refractivity contribution in [3.05, 3.63) is 22.5 Å². The Balaban J connectivity index is 1.44. The predicted octanol–water partition coefficient (Wildman–Crippen LogP) is 3.75. The molecule has 5 rings (SSSR count). The number of esters is 2. The van der Waals surface area contributed by atoms with Gasteiger partial charge in [0.2, 0.25) is 0 Å². The fourth-order valence-electron chi connectivity index (χ4n) is 6.27. The number of Topliss-reactive ketones (excluding diaryl/α,β-unsaturated/α-hetero) is 1. The maximum absolute atomic E-state index is 13.0. The van der Waals surface area contributed by atoms with E-state index < -0.39 is 11.9 Å². The SMILES string of the molecule is CCOC(=O)c1[nH]c(C)c(C(=O)OCC(=O)C23CC4CC(CC(C4)C2)C3)c1C. The molecule has 0 amide bonds. The van der Waals surface area contributed by atoms with E-state index >= 15 is 0 Å². The number of hydrogen-bond donors (Lipinski definition) is 1. The first-order chi connectivity index (χ1) is 13.3. The van der Waals surface area contributed by atoms with Crippen molar-refractivity contribution in [2.45, 2.75) is 59.3 Å². The van der Waals surface area contributed by atoms with Crippen LogP contribution in [0, 0.1) is 37.0 Å². The highest BCUT2D eigenvalue weighted by Crippen LogP contribution is 2.60. The van der Waals surface area contributed by atoms with E-state index in [0.29, 0.717) is 34.6 Å². The van der Waals surface area contributed by atoms with Gasteiger partial charge < -0.3 is 14.5 Å². The van der Waals surface area contributed by atoms with Crippen LogP contribution in [0.25, 0.3) is 0 Å². The van der Waals surface area contributed by atoms with E-state index in [1.807, 2.05) is 0 Å². The fraction of sp³-hybridized carbons (Fsp3) is 0.682. The number of aromatic nitrogens is 1. The molecule has 0 radical (unpaired) electrons. The van der Waals surface area contributed by atoms with Crippen LogP contribution in [0.3, 0.4) is 0 Å². The van der Waals surface area contributed by atoms with Gasteiger partial charge in [0, 0.05) is 11.1 Å². The number of nitrogens with one attached hydrogen (secondary N) is 1. The molecule has 152 valence electrons. The lowest BCUT2D eigenvalue weighted by Crippen LogP contribution is -2.51. The van der Waals surface area contributed by atoms with Gasteiger partial charge in [0.15, 0.2) is 12.4 Å². The second kappa shape index (κ2) is 7.05. The Bertz CT molecular complexity index is 786. The molecule has 4 fully saturated rings. The Kier molecular flexibility index (Phi) is 4.84. The molecule has 0 aliphatic heterocycles. The first-order valence-electron chi connectivity index (χ1n) is 10.4. The molecule has 0 spiro atoms. The zero-order valence-electron chi connectivity index (χ0n) is 16.9. The maximum Gasteiger partial charge on any atom is 0.355 e. The second-order valence-electron chi connectivity index (χ2n) is 9.04. The summed E-state index contributed by atoms with van der Waals surface area (Å²) in [5.74, 6) is 1.05. The average Bonchev–Trinajstić information content (AvgIpc) is 2.93. The zero-order valence-corrected chi connectivity index (χ0v) is 16.9. The fourth-order valence-corrected chi connectivity index (χ4v) is 6.27. The molecule has 1 aromatic rings. The van der Waals surface area contributed by atoms with Gasteiger partial charge in [0.1, 0.15) is 5.69 Å². The summed E-state index contributed by atoms with van der Waals surface area (Å²) >= 11 is 0. The minimum atomic E-state index is -0.556. The number of aromatic amines is 1. The summed E-state index contributed by atoms with van der Waals surface area (Å²) in [7, 11) is 0. The molecule has 0 saturated heterocycles. The third-order valence-corrected chi connectivity index (χ3v) is 7.09. The Morgan fingerprint density at radius 2 is 1.54 bits per heavy atom. The van der Waals surface area contributed by atoms with Crippen molar-refractivity contribution in [3.63, 3.8) is 0 Å². The molecule has 1 aromatic heterocycles. The summed E-state index contributed by atoms with van der Waals surface area (Å²) in [6, 6.07) is 0. The average molecular weight is 387 g/mol. The number of ketones is 1. The van der Waals surface area contributed by atoms with Gasteiger partial charge in [-0.15, -0.1) is 0 Å². The van der Waals surface area contributed by atoms with Crippen molar-refractivity contribution in [1.82, 2.24) is 4.98 Å². The first kappa shape index (κ1) is 19.2. The van der Waals surface area contributed by atoms with E-state index in [0.717, 1.165) is 19.3 Å². The quantitative estimate of drug-likeness (QED) is 0.752. The van der Waals surface area contributed by atoms with Crippen molar-refractivity contribution >= 4 is 17.7 Å². The largest absolute Gasteiger partial charge is 0.461 e. The molecule has 6 nitrogen and oxygen atoms in total. The number of rotatable bonds is 6. The summed E-state index contributed by atoms with van der Waals surface area (Å²) in [6.07, 6.45) is 6.69. The first-order valence-corrected chi connectivity index (χ1v) is 10.4. The van der Waals surface area contributed by atoms with Crippen molar-refractivity contribution in [1.29, 1.82) is 0 Å². The summed E-state index contributed by atoms with van der Waals surface area (Å²) < 4.78 is 10.4. The monoisotopic (exact) mass is 387 g/mol. The minimum Gasteiger partial charge on any atom is -0.461 e. The smallest absolute Gasteiger partial charge is 0.355 e. The highest BCUT2D eigenvalue weighted by Gasteiger charge is 2.54. The Hall–Kier alpha value is -2.11. The molecule has 28 heavy (non-hydrogen) atoms. The number of carbonyl (C=O) groups excluding carboxylic acids is 3. The summed E-state index contributed by atoms with van der Waals surface area (Å²) in [4.78, 5) is 40.6. The van der Waals surface area contributed by atoms with E-state index in [4.69, 9.17) is 9.47 Å². The van der Waals surface area contributed by atoms with Gasteiger partial charge in [-0.2, -0.15) is 0 Å². The van der Waals surface area contributed by atoms with Gasteiger partial charge in [0.25, 0.3) is 0 Å². The van der Waals surface area contributed by atoms with Gasteiger partial charge in [-0.05, 0) is 82.6 Å². The lowest BCUT2D eigenvalue weighted by molar-refractivity contribution is -0.147. The second-order valence-corrected chi connectivity index (χ2v) is 9.04. The normalized spacial score (nSPS) is 30.3. The van der Waals surface area contributed by atoms with E-state index in [9.17, 15) is 14.4 Å². The number of ether oxygens (including phenoxy) is 2. The number of carbonyl (C=O) groups is 3. The van der Waals surface area contributed by atoms with E-state index in [1.54, 1.807) is 20.8 Å². The van der Waals surface area contributed by atoms with E-state index in [1.165, 1.54) is 19.3 Å². The summed E-state index contributed by atoms with van der Waals surface area (Å²) in [5, 5.41) is 0. The summed E-state index contributed by atoms with van der Waals surface area (Å²) in [5.41, 5.74) is 1.36. The Labute approximate surface area is 165 Å². The molecule has 4 aliphatic rings. The molecule has 4 saturated carbocycles. The van der Waals surface area contributed by atoms with E-state index in [2.05, 4.69) is 4.98 Å². The molecule has 0 aromatic carbocycles. The maximum atomic E-state index is 13.0. The van der Waals surface area contributed by atoms with Crippen LogP contribution in [-0.4, -0.2) is 35.9 Å². The third-order valence-electron chi connectivity index (χ3n) is 7.09. The highest BCUT2D eigenvalue weighted by molar-refractivity contribution is 5.99. The zero-order chi connectivity index (χ0) is 20.1. The van der Waals surface area contributed by atoms with Crippen LogP contribution < -0.4 is 0 Å². The van der Waals surface area contributed by atoms with Crippen LogP contribution in [0.2, 0.25) is 0 Å². The molecule has 0 atom stereocenters. The lowest BCUT2D eigenvalue weighted by atomic mass is 9.48. The molecule has 4 aliphatic carbocycles. The number of aryl methyl sites for hydroxylation is 1. The topological polar surface area (TPSA) is 85.5 Å². The van der Waals surface area contributed by atoms with Gasteiger partial charge in [0.05, 0.1) is 12.2 Å². The molecule has 4 bridgehead atoms. The number of hydrogen-bond acceptors (Lipinski definition) is 5. The van der Waals surface area contributed by atoms with Gasteiger partial charge in [-0.1, -0.05) is 0 Å². The molecule has 6 heteroatoms. The lowest BCUT2D eigenvalue weighted by Gasteiger charge is -2.55. The van der Waals surface area contributed by atoms with Gasteiger partial charge >= 0.3 is 11.9 Å². The molecule has 0 unspecified atom stereocenters. The van der Waals surface area contributed by atoms with Crippen LogP contribution in [-0.2, 0) is 14.3 Å². The van der Waals surface area contributed by atoms with Crippen LogP contribution in [0.4, 0.5) is 0 Å². The molecular formula is C22H29NO5. The van der Waals surface area contributed by atoms with Crippen LogP contribution in [0.15, 0.2) is 0 Å². The highest BCUT2D eigenvalue weighted by atomic mass is 16.5. The van der Waals surface area contributed by atoms with Crippen molar-refractivity contribution in [3.8, 4) is 0 Å². The van der Waals surface area contributed by atoms with Gasteiger partial charge in [-0.25, -0.2) is 9.59 Å². The van der Waals surface area contributed by atoms with Crippen LogP contribution in [0.5, 0.6) is 0 Å². The minimum absolute atomic E-state index is 0.0800. The Morgan fingerprint density at radius 3 is 2.07 bits per heavy atom. The predicted molar refractivity (Wildman–Crippen MR) is 102 cm³/mol. The van der Waals surface area contributed by atoms with Crippen molar-refractivity contribution < 1.29 is 23.9 Å². The molecular weight excluding hydrogens is 358 g/mol. The molecule has 1 heterocycles.